The molecule has 1 saturated carbocycles. The van der Waals surface area contributed by atoms with E-state index in [2.05, 4.69) is 15.3 Å². The zero-order valence-corrected chi connectivity index (χ0v) is 17.9. The van der Waals surface area contributed by atoms with Crippen molar-refractivity contribution in [3.63, 3.8) is 0 Å². The van der Waals surface area contributed by atoms with Gasteiger partial charge in [-0.2, -0.15) is 4.36 Å². The van der Waals surface area contributed by atoms with Crippen LogP contribution in [0.5, 0.6) is 0 Å². The minimum atomic E-state index is -2.28. The average molecular weight is 397 g/mol. The van der Waals surface area contributed by atoms with Crippen molar-refractivity contribution in [3.05, 3.63) is 29.7 Å². The minimum absolute atomic E-state index is 0.167. The second-order valence-corrected chi connectivity index (χ2v) is 12.9. The molecule has 2 atom stereocenters. The molecular weight excluding hydrogens is 368 g/mol. The standard InChI is InChI=1S/C18H28N4O2S2/c1-12(20-25(23)18(2,3)4)16-11-22-10-14(13-7-8-13)9-15(17(22)19-16)21-26(5,6)24/h9-13,20H,7-8H2,1-6H3/t12-,25-/m1/s1. The lowest BCUT2D eigenvalue weighted by Crippen LogP contribution is -2.34. The highest BCUT2D eigenvalue weighted by Gasteiger charge is 2.26. The van der Waals surface area contributed by atoms with Crippen LogP contribution in [0.4, 0.5) is 5.69 Å². The predicted molar refractivity (Wildman–Crippen MR) is 109 cm³/mol. The van der Waals surface area contributed by atoms with Crippen LogP contribution in [0.3, 0.4) is 0 Å². The number of nitrogens with zero attached hydrogens (tertiary/aromatic N) is 3. The molecule has 2 heterocycles. The maximum Gasteiger partial charge on any atom is 0.163 e. The third-order valence-corrected chi connectivity index (χ3v) is 6.54. The summed E-state index contributed by atoms with van der Waals surface area (Å²) in [7, 11) is -3.46. The van der Waals surface area contributed by atoms with E-state index in [1.807, 2.05) is 44.4 Å². The molecule has 0 bridgehead atoms. The molecule has 26 heavy (non-hydrogen) atoms. The number of rotatable bonds is 5. The zero-order chi connectivity index (χ0) is 19.3. The average Bonchev–Trinajstić information content (AvgIpc) is 3.23. The van der Waals surface area contributed by atoms with Gasteiger partial charge in [-0.15, -0.1) is 0 Å². The second kappa shape index (κ2) is 6.73. The Hall–Kier alpha value is -1.25. The lowest BCUT2D eigenvalue weighted by Gasteiger charge is -2.20. The molecule has 1 fully saturated rings. The van der Waals surface area contributed by atoms with Gasteiger partial charge < -0.3 is 4.40 Å². The van der Waals surface area contributed by atoms with Crippen LogP contribution in [0.2, 0.25) is 0 Å². The Kier molecular flexibility index (Phi) is 5.05. The monoisotopic (exact) mass is 396 g/mol. The molecule has 6 nitrogen and oxygen atoms in total. The smallest absolute Gasteiger partial charge is 0.163 e. The first-order chi connectivity index (χ1) is 11.9. The minimum Gasteiger partial charge on any atom is -0.305 e. The third-order valence-electron chi connectivity index (χ3n) is 4.22. The van der Waals surface area contributed by atoms with Gasteiger partial charge in [-0.1, -0.05) is 0 Å². The van der Waals surface area contributed by atoms with Crippen molar-refractivity contribution in [2.24, 2.45) is 4.36 Å². The molecule has 1 N–H and O–H groups in total. The van der Waals surface area contributed by atoms with Crippen LogP contribution in [0.25, 0.3) is 5.65 Å². The normalized spacial score (nSPS) is 18.1. The Morgan fingerprint density at radius 3 is 2.54 bits per heavy atom. The van der Waals surface area contributed by atoms with Gasteiger partial charge in [-0.3, -0.25) is 0 Å². The van der Waals surface area contributed by atoms with Crippen molar-refractivity contribution in [2.75, 3.05) is 12.5 Å². The number of hydrogen-bond acceptors (Lipinski definition) is 4. The van der Waals surface area contributed by atoms with Gasteiger partial charge in [0.2, 0.25) is 0 Å². The molecule has 0 saturated heterocycles. The highest BCUT2D eigenvalue weighted by atomic mass is 32.2. The summed E-state index contributed by atoms with van der Waals surface area (Å²) in [5.74, 6) is 0.563. The molecule has 8 heteroatoms. The molecule has 2 aromatic rings. The Morgan fingerprint density at radius 1 is 1.35 bits per heavy atom. The molecule has 1 aliphatic carbocycles. The summed E-state index contributed by atoms with van der Waals surface area (Å²) < 4.78 is 33.8. The molecule has 0 aliphatic heterocycles. The third kappa shape index (κ3) is 4.53. The first-order valence-corrected chi connectivity index (χ1v) is 12.3. The summed E-state index contributed by atoms with van der Waals surface area (Å²) in [6.45, 7) is 7.76. The van der Waals surface area contributed by atoms with Crippen molar-refractivity contribution in [1.82, 2.24) is 14.1 Å². The van der Waals surface area contributed by atoms with Crippen LogP contribution in [-0.4, -0.2) is 35.1 Å². The fourth-order valence-electron chi connectivity index (χ4n) is 2.67. The molecule has 0 unspecified atom stereocenters. The van der Waals surface area contributed by atoms with E-state index in [0.29, 0.717) is 17.3 Å². The van der Waals surface area contributed by atoms with E-state index in [-0.39, 0.29) is 10.8 Å². The van der Waals surface area contributed by atoms with Gasteiger partial charge in [0, 0.05) is 34.6 Å². The van der Waals surface area contributed by atoms with Crippen molar-refractivity contribution in [2.45, 2.75) is 57.2 Å². The van der Waals surface area contributed by atoms with E-state index in [0.717, 1.165) is 5.69 Å². The van der Waals surface area contributed by atoms with Crippen LogP contribution in [0, 0.1) is 0 Å². The van der Waals surface area contributed by atoms with Crippen molar-refractivity contribution in [1.29, 1.82) is 0 Å². The molecule has 0 radical (unpaired) electrons. The van der Waals surface area contributed by atoms with E-state index in [1.54, 1.807) is 12.5 Å². The Labute approximate surface area is 158 Å². The number of pyridine rings is 1. The summed E-state index contributed by atoms with van der Waals surface area (Å²) in [6.07, 6.45) is 9.67. The number of imidazole rings is 1. The fourth-order valence-corrected chi connectivity index (χ4v) is 4.07. The van der Waals surface area contributed by atoms with Gasteiger partial charge in [0.25, 0.3) is 0 Å². The number of aromatic nitrogens is 2. The molecule has 144 valence electrons. The van der Waals surface area contributed by atoms with Crippen LogP contribution >= 0.6 is 0 Å². The second-order valence-electron chi connectivity index (χ2n) is 8.32. The largest absolute Gasteiger partial charge is 0.305 e. The first kappa shape index (κ1) is 19.5. The molecule has 1 aliphatic rings. The number of nitrogens with one attached hydrogen (secondary N) is 1. The van der Waals surface area contributed by atoms with E-state index in [4.69, 9.17) is 4.98 Å². The Morgan fingerprint density at radius 2 is 2.00 bits per heavy atom. The molecule has 2 aromatic heterocycles. The summed E-state index contributed by atoms with van der Waals surface area (Å²) >= 11 is 0. The summed E-state index contributed by atoms with van der Waals surface area (Å²) in [6, 6.07) is 1.85. The molecule has 0 spiro atoms. The van der Waals surface area contributed by atoms with Gasteiger partial charge in [-0.25, -0.2) is 18.1 Å². The highest BCUT2D eigenvalue weighted by Crippen LogP contribution is 2.42. The fraction of sp³-hybridized carbons (Fsp3) is 0.611. The molecule has 0 aromatic carbocycles. The first-order valence-electron chi connectivity index (χ1n) is 8.82. The quantitative estimate of drug-likeness (QED) is 0.837. The van der Waals surface area contributed by atoms with Gasteiger partial charge in [-0.05, 0) is 58.1 Å². The van der Waals surface area contributed by atoms with Crippen LogP contribution in [0.1, 0.15) is 63.8 Å². The van der Waals surface area contributed by atoms with E-state index < -0.39 is 20.7 Å². The maximum absolute atomic E-state index is 12.4. The number of fused-ring (bicyclic) bond motifs is 1. The lowest BCUT2D eigenvalue weighted by molar-refractivity contribution is 0.612. The SMILES string of the molecule is C[C@@H](N[S@](=O)C(C)(C)C)c1cn2cc(C3CC3)cc(N=S(C)(C)=O)c2n1. The van der Waals surface area contributed by atoms with Crippen LogP contribution in [-0.2, 0) is 20.7 Å². The van der Waals surface area contributed by atoms with Gasteiger partial charge in [0.1, 0.15) is 5.69 Å². The van der Waals surface area contributed by atoms with Gasteiger partial charge in [0.15, 0.2) is 5.65 Å². The predicted octanol–water partition coefficient (Wildman–Crippen LogP) is 3.68. The van der Waals surface area contributed by atoms with E-state index >= 15 is 0 Å². The molecule has 3 rings (SSSR count). The van der Waals surface area contributed by atoms with Crippen molar-refractivity contribution < 1.29 is 8.42 Å². The lowest BCUT2D eigenvalue weighted by atomic mass is 10.2. The highest BCUT2D eigenvalue weighted by molar-refractivity contribution is 7.92. The summed E-state index contributed by atoms with van der Waals surface area (Å²) in [4.78, 5) is 4.70. The summed E-state index contributed by atoms with van der Waals surface area (Å²) in [5.41, 5.74) is 3.37. The van der Waals surface area contributed by atoms with E-state index in [9.17, 15) is 8.42 Å². The van der Waals surface area contributed by atoms with Crippen LogP contribution in [0.15, 0.2) is 22.8 Å². The number of hydrogen-bond donors (Lipinski definition) is 1. The topological polar surface area (TPSA) is 75.8 Å². The van der Waals surface area contributed by atoms with Crippen molar-refractivity contribution >= 4 is 32.0 Å². The zero-order valence-electron chi connectivity index (χ0n) is 16.3. The molecular formula is C18H28N4O2S2. The Balaban J connectivity index is 2.03. The van der Waals surface area contributed by atoms with E-state index in [1.165, 1.54) is 18.4 Å². The van der Waals surface area contributed by atoms with Crippen molar-refractivity contribution in [3.8, 4) is 0 Å². The van der Waals surface area contributed by atoms with Crippen LogP contribution < -0.4 is 4.72 Å². The van der Waals surface area contributed by atoms with Gasteiger partial charge >= 0.3 is 0 Å². The Bertz CT molecular complexity index is 969. The maximum atomic E-state index is 12.4. The molecule has 0 amide bonds. The van der Waals surface area contributed by atoms with Gasteiger partial charge in [0.05, 0.1) is 27.5 Å². The summed E-state index contributed by atoms with van der Waals surface area (Å²) in [5, 5.41) is 0.